The highest BCUT2D eigenvalue weighted by atomic mass is 19.4. The molecule has 0 spiro atoms. The van der Waals surface area contributed by atoms with Crippen LogP contribution in [0.4, 0.5) is 13.2 Å². The van der Waals surface area contributed by atoms with Crippen LogP contribution in [0.15, 0.2) is 103 Å². The van der Waals surface area contributed by atoms with Crippen LogP contribution in [0.5, 0.6) is 5.75 Å². The number of benzene rings is 4. The predicted molar refractivity (Wildman–Crippen MR) is 148 cm³/mol. The van der Waals surface area contributed by atoms with Gasteiger partial charge in [0.2, 0.25) is 0 Å². The van der Waals surface area contributed by atoms with Gasteiger partial charge in [-0.2, -0.15) is 13.2 Å². The first-order valence-corrected chi connectivity index (χ1v) is 12.5. The van der Waals surface area contributed by atoms with Crippen LogP contribution in [0.1, 0.15) is 34.0 Å². The minimum absolute atomic E-state index is 0.0933. The van der Waals surface area contributed by atoms with E-state index in [-0.39, 0.29) is 19.0 Å². The summed E-state index contributed by atoms with van der Waals surface area (Å²) in [6, 6.07) is 24.9. The van der Waals surface area contributed by atoms with E-state index >= 15 is 0 Å². The average Bonchev–Trinajstić information content (AvgIpc) is 2.95. The number of carbonyl (C=O) groups excluding carboxylic acids is 2. The van der Waals surface area contributed by atoms with Crippen LogP contribution in [0.3, 0.4) is 0 Å². The molecule has 0 heterocycles. The Labute approximate surface area is 230 Å². The van der Waals surface area contributed by atoms with Crippen molar-refractivity contribution >= 4 is 11.8 Å². The van der Waals surface area contributed by atoms with Crippen molar-refractivity contribution in [2.75, 3.05) is 13.2 Å². The zero-order valence-electron chi connectivity index (χ0n) is 22.0. The Morgan fingerprint density at radius 3 is 1.85 bits per heavy atom. The maximum Gasteiger partial charge on any atom is 0.416 e. The van der Waals surface area contributed by atoms with Crippen LogP contribution in [-0.4, -0.2) is 25.0 Å². The first kappa shape index (κ1) is 28.4. The van der Waals surface area contributed by atoms with Gasteiger partial charge >= 0.3 is 12.1 Å². The number of hydrogen-bond acceptors (Lipinski definition) is 4. The number of aryl methyl sites for hydroxylation is 1. The summed E-state index contributed by atoms with van der Waals surface area (Å²) in [6.07, 6.45) is -4.37. The number of hydrogen-bond donors (Lipinski definition) is 0. The molecule has 0 bridgehead atoms. The molecular formula is C33H27F3O4. The molecule has 0 aliphatic rings. The van der Waals surface area contributed by atoms with Crippen molar-refractivity contribution in [2.24, 2.45) is 0 Å². The molecule has 0 unspecified atom stereocenters. The van der Waals surface area contributed by atoms with E-state index in [1.807, 2.05) is 37.3 Å². The SMILES string of the molecule is C=C(C)C(=O)OCCOc1ccc(C(=O)c2ccc(-c3ccc(-c4ccc(C(F)(F)F)cc4)c(C)c3)cc2)cc1. The van der Waals surface area contributed by atoms with Gasteiger partial charge in [-0.25, -0.2) is 4.79 Å². The molecule has 0 saturated heterocycles. The van der Waals surface area contributed by atoms with Gasteiger partial charge in [-0.3, -0.25) is 4.79 Å². The first-order valence-electron chi connectivity index (χ1n) is 12.5. The lowest BCUT2D eigenvalue weighted by Crippen LogP contribution is -2.12. The Kier molecular flexibility index (Phi) is 8.53. The van der Waals surface area contributed by atoms with Gasteiger partial charge in [0.25, 0.3) is 0 Å². The largest absolute Gasteiger partial charge is 0.490 e. The molecule has 0 aromatic heterocycles. The summed E-state index contributed by atoms with van der Waals surface area (Å²) in [5.74, 6) is -0.0587. The zero-order chi connectivity index (χ0) is 28.9. The van der Waals surface area contributed by atoms with Gasteiger partial charge in [-0.1, -0.05) is 61.2 Å². The second-order valence-electron chi connectivity index (χ2n) is 9.30. The molecule has 0 radical (unpaired) electrons. The van der Waals surface area contributed by atoms with Gasteiger partial charge in [0.15, 0.2) is 5.78 Å². The third-order valence-corrected chi connectivity index (χ3v) is 6.28. The van der Waals surface area contributed by atoms with Crippen LogP contribution in [0.25, 0.3) is 22.3 Å². The minimum Gasteiger partial charge on any atom is -0.490 e. The molecule has 0 saturated carbocycles. The van der Waals surface area contributed by atoms with Gasteiger partial charge in [-0.05, 0) is 78.1 Å². The molecule has 0 fully saturated rings. The number of alkyl halides is 3. The van der Waals surface area contributed by atoms with Crippen LogP contribution in [-0.2, 0) is 15.7 Å². The van der Waals surface area contributed by atoms with Crippen molar-refractivity contribution < 1.29 is 32.2 Å². The van der Waals surface area contributed by atoms with Crippen molar-refractivity contribution in [2.45, 2.75) is 20.0 Å². The molecule has 40 heavy (non-hydrogen) atoms. The Bertz CT molecular complexity index is 1520. The highest BCUT2D eigenvalue weighted by Crippen LogP contribution is 2.33. The average molecular weight is 545 g/mol. The van der Waals surface area contributed by atoms with E-state index in [1.165, 1.54) is 12.1 Å². The van der Waals surface area contributed by atoms with Crippen LogP contribution in [0, 0.1) is 6.92 Å². The number of rotatable bonds is 9. The van der Waals surface area contributed by atoms with E-state index in [1.54, 1.807) is 43.3 Å². The van der Waals surface area contributed by atoms with Crippen molar-refractivity contribution in [3.05, 3.63) is 125 Å². The fraction of sp³-hybridized carbons (Fsp3) is 0.152. The maximum absolute atomic E-state index is 13.0. The van der Waals surface area contributed by atoms with Crippen molar-refractivity contribution in [1.82, 2.24) is 0 Å². The van der Waals surface area contributed by atoms with Crippen LogP contribution >= 0.6 is 0 Å². The summed E-state index contributed by atoms with van der Waals surface area (Å²) in [6.45, 7) is 7.27. The van der Waals surface area contributed by atoms with E-state index in [0.29, 0.717) is 28.0 Å². The Balaban J connectivity index is 1.39. The summed E-state index contributed by atoms with van der Waals surface area (Å²) in [4.78, 5) is 24.4. The fourth-order valence-electron chi connectivity index (χ4n) is 4.11. The molecule has 4 rings (SSSR count). The number of halogens is 3. The third-order valence-electron chi connectivity index (χ3n) is 6.28. The molecule has 4 nitrogen and oxygen atoms in total. The molecule has 0 atom stereocenters. The van der Waals surface area contributed by atoms with E-state index in [9.17, 15) is 22.8 Å². The van der Waals surface area contributed by atoms with Gasteiger partial charge in [-0.15, -0.1) is 0 Å². The Morgan fingerprint density at radius 2 is 1.30 bits per heavy atom. The standard InChI is InChI=1S/C33H27F3O4/c1-21(2)32(38)40-19-18-39-29-15-10-26(11-16-29)31(37)25-6-4-23(5-7-25)27-12-17-30(22(3)20-27)24-8-13-28(14-9-24)33(34,35)36/h4-17,20H,1,18-19H2,2-3H3. The second kappa shape index (κ2) is 12.0. The second-order valence-corrected chi connectivity index (χ2v) is 9.30. The summed E-state index contributed by atoms with van der Waals surface area (Å²) in [5.41, 5.74) is 5.01. The van der Waals surface area contributed by atoms with Crippen molar-refractivity contribution in [3.8, 4) is 28.0 Å². The van der Waals surface area contributed by atoms with Gasteiger partial charge in [0.05, 0.1) is 5.56 Å². The minimum atomic E-state index is -4.37. The highest BCUT2D eigenvalue weighted by Gasteiger charge is 2.30. The lowest BCUT2D eigenvalue weighted by Gasteiger charge is -2.12. The number of esters is 1. The molecule has 0 aliphatic carbocycles. The molecule has 7 heteroatoms. The van der Waals surface area contributed by atoms with E-state index in [4.69, 9.17) is 9.47 Å². The first-order chi connectivity index (χ1) is 19.0. The Hall–Kier alpha value is -4.65. The summed E-state index contributed by atoms with van der Waals surface area (Å²) in [7, 11) is 0. The molecular weight excluding hydrogens is 517 g/mol. The quantitative estimate of drug-likeness (QED) is 0.0925. The molecule has 0 amide bonds. The monoisotopic (exact) mass is 544 g/mol. The normalized spacial score (nSPS) is 11.1. The maximum atomic E-state index is 13.0. The smallest absolute Gasteiger partial charge is 0.416 e. The van der Waals surface area contributed by atoms with Crippen molar-refractivity contribution in [3.63, 3.8) is 0 Å². The predicted octanol–water partition coefficient (Wildman–Crippen LogP) is 8.08. The van der Waals surface area contributed by atoms with Crippen molar-refractivity contribution in [1.29, 1.82) is 0 Å². The molecule has 4 aromatic carbocycles. The summed E-state index contributed by atoms with van der Waals surface area (Å²) >= 11 is 0. The van der Waals surface area contributed by atoms with E-state index < -0.39 is 17.7 Å². The van der Waals surface area contributed by atoms with Gasteiger partial charge in [0, 0.05) is 16.7 Å². The summed E-state index contributed by atoms with van der Waals surface area (Å²) in [5, 5.41) is 0. The number of ether oxygens (including phenoxy) is 2. The van der Waals surface area contributed by atoms with Gasteiger partial charge < -0.3 is 9.47 Å². The Morgan fingerprint density at radius 1 is 0.750 bits per heavy atom. The fourth-order valence-corrected chi connectivity index (χ4v) is 4.11. The molecule has 0 N–H and O–H groups in total. The topological polar surface area (TPSA) is 52.6 Å². The zero-order valence-corrected chi connectivity index (χ0v) is 22.0. The highest BCUT2D eigenvalue weighted by molar-refractivity contribution is 6.09. The van der Waals surface area contributed by atoms with Crippen LogP contribution < -0.4 is 4.74 Å². The summed E-state index contributed by atoms with van der Waals surface area (Å²) < 4.78 is 49.2. The lowest BCUT2D eigenvalue weighted by molar-refractivity contribution is -0.139. The molecule has 204 valence electrons. The number of ketones is 1. The van der Waals surface area contributed by atoms with Gasteiger partial charge in [0.1, 0.15) is 19.0 Å². The number of carbonyl (C=O) groups is 2. The third kappa shape index (κ3) is 6.86. The van der Waals surface area contributed by atoms with E-state index in [0.717, 1.165) is 34.4 Å². The molecule has 0 aliphatic heterocycles. The van der Waals surface area contributed by atoms with Crippen LogP contribution in [0.2, 0.25) is 0 Å². The van der Waals surface area contributed by atoms with E-state index in [2.05, 4.69) is 6.58 Å². The molecule has 4 aromatic rings. The lowest BCUT2D eigenvalue weighted by atomic mass is 9.94.